The van der Waals surface area contributed by atoms with Gasteiger partial charge in [0.05, 0.1) is 6.10 Å². The average Bonchev–Trinajstić information content (AvgIpc) is 2.66. The second-order valence-electron chi connectivity index (χ2n) is 7.70. The maximum atomic E-state index is 13.0. The van der Waals surface area contributed by atoms with Crippen molar-refractivity contribution in [2.75, 3.05) is 38.0 Å². The van der Waals surface area contributed by atoms with E-state index in [0.717, 1.165) is 22.5 Å². The van der Waals surface area contributed by atoms with Gasteiger partial charge in [0.25, 0.3) is 0 Å². The Balaban J connectivity index is 1.85. The average molecular weight is 377 g/mol. The van der Waals surface area contributed by atoms with E-state index in [0.29, 0.717) is 24.0 Å². The van der Waals surface area contributed by atoms with Gasteiger partial charge in [-0.2, -0.15) is 0 Å². The predicted octanol–water partition coefficient (Wildman–Crippen LogP) is 4.01. The first-order chi connectivity index (χ1) is 13.3. The van der Waals surface area contributed by atoms with Crippen LogP contribution in [0.25, 0.3) is 12.2 Å². The Labute approximate surface area is 167 Å². The molecule has 0 aliphatic heterocycles. The summed E-state index contributed by atoms with van der Waals surface area (Å²) in [6.07, 6.45) is 4.05. The van der Waals surface area contributed by atoms with Crippen molar-refractivity contribution in [1.29, 1.82) is 0 Å². The van der Waals surface area contributed by atoms with Crippen molar-refractivity contribution in [2.24, 2.45) is 0 Å². The summed E-state index contributed by atoms with van der Waals surface area (Å²) in [4.78, 5) is 17.0. The van der Waals surface area contributed by atoms with Crippen LogP contribution < -0.4 is 9.80 Å². The third-order valence-corrected chi connectivity index (χ3v) is 5.00. The number of aliphatic hydroxyl groups excluding tert-OH is 1. The molecule has 4 nitrogen and oxygen atoms in total. The van der Waals surface area contributed by atoms with Crippen molar-refractivity contribution in [1.82, 2.24) is 0 Å². The topological polar surface area (TPSA) is 43.8 Å². The molecule has 1 fully saturated rings. The van der Waals surface area contributed by atoms with Crippen molar-refractivity contribution < 1.29 is 9.90 Å². The van der Waals surface area contributed by atoms with E-state index in [-0.39, 0.29) is 5.78 Å². The minimum absolute atomic E-state index is 0.0265. The zero-order chi connectivity index (χ0) is 20.3. The number of benzene rings is 2. The van der Waals surface area contributed by atoms with Gasteiger partial charge in [0.1, 0.15) is 0 Å². The number of carbonyl (C=O) groups is 1. The molecule has 2 aromatic rings. The van der Waals surface area contributed by atoms with Gasteiger partial charge in [0, 0.05) is 63.6 Å². The van der Waals surface area contributed by atoms with E-state index in [1.54, 1.807) is 0 Å². The number of hydrogen-bond acceptors (Lipinski definition) is 4. The SMILES string of the molecule is CN(C)c1ccc(/C=C2/CC(O)C/C(=C\c3ccc(N(C)C)cc3)C2=O)cc1. The molecule has 1 atom stereocenters. The van der Waals surface area contributed by atoms with Gasteiger partial charge in [0.15, 0.2) is 5.78 Å². The smallest absolute Gasteiger partial charge is 0.185 e. The number of ketones is 1. The minimum Gasteiger partial charge on any atom is -0.392 e. The lowest BCUT2D eigenvalue weighted by Crippen LogP contribution is -2.23. The summed E-state index contributed by atoms with van der Waals surface area (Å²) in [5.74, 6) is 0.0265. The minimum atomic E-state index is -0.530. The van der Waals surface area contributed by atoms with Gasteiger partial charge in [-0.15, -0.1) is 0 Å². The van der Waals surface area contributed by atoms with Crippen molar-refractivity contribution in [3.05, 3.63) is 70.8 Å². The van der Waals surface area contributed by atoms with E-state index in [2.05, 4.69) is 0 Å². The summed E-state index contributed by atoms with van der Waals surface area (Å²) < 4.78 is 0. The molecule has 2 aromatic carbocycles. The van der Waals surface area contributed by atoms with Crippen LogP contribution in [-0.4, -0.2) is 45.2 Å². The van der Waals surface area contributed by atoms with Gasteiger partial charge in [-0.1, -0.05) is 24.3 Å². The number of hydrogen-bond donors (Lipinski definition) is 1. The molecule has 28 heavy (non-hydrogen) atoms. The maximum Gasteiger partial charge on any atom is 0.185 e. The number of nitrogens with zero attached hydrogens (tertiary/aromatic N) is 2. The quantitative estimate of drug-likeness (QED) is 0.819. The van der Waals surface area contributed by atoms with Crippen LogP contribution in [-0.2, 0) is 4.79 Å². The number of carbonyl (C=O) groups excluding carboxylic acids is 1. The summed E-state index contributed by atoms with van der Waals surface area (Å²) in [6.45, 7) is 0. The van der Waals surface area contributed by atoms with Crippen LogP contribution in [0, 0.1) is 0 Å². The van der Waals surface area contributed by atoms with E-state index in [9.17, 15) is 9.90 Å². The zero-order valence-electron chi connectivity index (χ0n) is 17.0. The first-order valence-electron chi connectivity index (χ1n) is 9.52. The molecular formula is C24H28N2O2. The lowest BCUT2D eigenvalue weighted by molar-refractivity contribution is -0.113. The third-order valence-electron chi connectivity index (χ3n) is 5.00. The molecule has 0 bridgehead atoms. The highest BCUT2D eigenvalue weighted by Gasteiger charge is 2.26. The molecule has 1 saturated carbocycles. The molecule has 3 rings (SSSR count). The molecule has 1 aliphatic rings. The van der Waals surface area contributed by atoms with Crippen LogP contribution in [0.5, 0.6) is 0 Å². The normalized spacial score (nSPS) is 19.9. The van der Waals surface area contributed by atoms with Crippen LogP contribution in [0.2, 0.25) is 0 Å². The predicted molar refractivity (Wildman–Crippen MR) is 118 cm³/mol. The summed E-state index contributed by atoms with van der Waals surface area (Å²) in [7, 11) is 7.99. The summed E-state index contributed by atoms with van der Waals surface area (Å²) >= 11 is 0. The Hall–Kier alpha value is -2.85. The molecule has 0 saturated heterocycles. The standard InChI is InChI=1S/C24H28N2O2/c1-25(2)21-9-5-17(6-10-21)13-19-15-23(27)16-20(24(19)28)14-18-7-11-22(12-8-18)26(3)4/h5-14,23,27H,15-16H2,1-4H3/b19-13-,20-14+. The highest BCUT2D eigenvalue weighted by molar-refractivity contribution is 6.14. The summed E-state index contributed by atoms with van der Waals surface area (Å²) in [6, 6.07) is 16.1. The first kappa shape index (κ1) is 19.9. The first-order valence-corrected chi connectivity index (χ1v) is 9.52. The number of aliphatic hydroxyl groups is 1. The van der Waals surface area contributed by atoms with Gasteiger partial charge < -0.3 is 14.9 Å². The van der Waals surface area contributed by atoms with Gasteiger partial charge in [-0.25, -0.2) is 0 Å². The second-order valence-corrected chi connectivity index (χ2v) is 7.70. The fourth-order valence-corrected chi connectivity index (χ4v) is 3.36. The van der Waals surface area contributed by atoms with E-state index in [4.69, 9.17) is 0 Å². The molecule has 1 aliphatic carbocycles. The fourth-order valence-electron chi connectivity index (χ4n) is 3.36. The highest BCUT2D eigenvalue weighted by atomic mass is 16.3. The molecule has 0 amide bonds. The van der Waals surface area contributed by atoms with E-state index < -0.39 is 6.10 Å². The summed E-state index contributed by atoms with van der Waals surface area (Å²) in [5, 5.41) is 10.3. The Morgan fingerprint density at radius 2 is 1.11 bits per heavy atom. The Kier molecular flexibility index (Phi) is 6.00. The maximum absolute atomic E-state index is 13.0. The van der Waals surface area contributed by atoms with Gasteiger partial charge in [0.2, 0.25) is 0 Å². The van der Waals surface area contributed by atoms with Gasteiger partial charge in [-0.3, -0.25) is 4.79 Å². The molecule has 0 spiro atoms. The van der Waals surface area contributed by atoms with Crippen molar-refractivity contribution in [2.45, 2.75) is 18.9 Å². The van der Waals surface area contributed by atoms with Crippen molar-refractivity contribution in [3.63, 3.8) is 0 Å². The van der Waals surface area contributed by atoms with Gasteiger partial charge in [-0.05, 0) is 47.5 Å². The number of Topliss-reactive ketones (excluding diaryl/α,β-unsaturated/α-hetero) is 1. The molecular weight excluding hydrogens is 348 g/mol. The van der Waals surface area contributed by atoms with Crippen molar-refractivity contribution in [3.8, 4) is 0 Å². The highest BCUT2D eigenvalue weighted by Crippen LogP contribution is 2.29. The van der Waals surface area contributed by atoms with Crippen LogP contribution >= 0.6 is 0 Å². The van der Waals surface area contributed by atoms with Crippen molar-refractivity contribution >= 4 is 29.3 Å². The molecule has 4 heteroatoms. The molecule has 1 unspecified atom stereocenters. The van der Waals surface area contributed by atoms with E-state index >= 15 is 0 Å². The molecule has 0 heterocycles. The molecule has 0 radical (unpaired) electrons. The third kappa shape index (κ3) is 4.70. The zero-order valence-corrected chi connectivity index (χ0v) is 17.0. The van der Waals surface area contributed by atoms with Gasteiger partial charge >= 0.3 is 0 Å². The Morgan fingerprint density at radius 1 is 0.750 bits per heavy atom. The molecule has 1 N–H and O–H groups in total. The van der Waals surface area contributed by atoms with Crippen LogP contribution in [0.3, 0.4) is 0 Å². The lowest BCUT2D eigenvalue weighted by atomic mass is 9.85. The molecule has 0 aromatic heterocycles. The van der Waals surface area contributed by atoms with Crippen LogP contribution in [0.15, 0.2) is 59.7 Å². The lowest BCUT2D eigenvalue weighted by Gasteiger charge is -2.22. The van der Waals surface area contributed by atoms with E-state index in [1.165, 1.54) is 0 Å². The second kappa shape index (κ2) is 8.44. The largest absolute Gasteiger partial charge is 0.392 e. The van der Waals surface area contributed by atoms with Crippen LogP contribution in [0.1, 0.15) is 24.0 Å². The molecule has 146 valence electrons. The van der Waals surface area contributed by atoms with E-state index in [1.807, 2.05) is 98.7 Å². The number of rotatable bonds is 4. The number of anilines is 2. The Bertz CT molecular complexity index is 818. The fraction of sp³-hybridized carbons (Fsp3) is 0.292. The monoisotopic (exact) mass is 376 g/mol. The van der Waals surface area contributed by atoms with Crippen LogP contribution in [0.4, 0.5) is 11.4 Å². The summed E-state index contributed by atoms with van der Waals surface area (Å²) in [5.41, 5.74) is 5.48. The Morgan fingerprint density at radius 3 is 1.43 bits per heavy atom.